The largest absolute Gasteiger partial charge is 0.321 e. The Balaban J connectivity index is 2.39. The van der Waals surface area contributed by atoms with Crippen molar-refractivity contribution in [1.29, 1.82) is 0 Å². The molecule has 25 heavy (non-hydrogen) atoms. The highest BCUT2D eigenvalue weighted by Crippen LogP contribution is 2.26. The van der Waals surface area contributed by atoms with Gasteiger partial charge >= 0.3 is 0 Å². The van der Waals surface area contributed by atoms with Gasteiger partial charge in [-0.3, -0.25) is 4.79 Å². The second-order valence-electron chi connectivity index (χ2n) is 5.16. The zero-order valence-corrected chi connectivity index (χ0v) is 17.0. The zero-order valence-electron chi connectivity index (χ0n) is 13.8. The molecule has 8 heteroatoms. The number of para-hydroxylation sites is 1. The number of rotatable bonds is 6. The van der Waals surface area contributed by atoms with Crippen LogP contribution in [0.1, 0.15) is 24.2 Å². The average Bonchev–Trinajstić information content (AvgIpc) is 2.58. The molecule has 0 aliphatic rings. The van der Waals surface area contributed by atoms with E-state index in [9.17, 15) is 13.2 Å². The number of sulfonamides is 1. The molecule has 0 saturated heterocycles. The van der Waals surface area contributed by atoms with Gasteiger partial charge in [-0.25, -0.2) is 8.42 Å². The second kappa shape index (κ2) is 8.31. The summed E-state index contributed by atoms with van der Waals surface area (Å²) in [6.07, 6.45) is 0. The van der Waals surface area contributed by atoms with Gasteiger partial charge in [0.05, 0.1) is 21.2 Å². The molecule has 5 nitrogen and oxygen atoms in total. The SMILES string of the molecule is CCN(CC)S(=O)(=O)c1ccc(Cl)c(C(=O)Nc2ccccc2Br)c1. The van der Waals surface area contributed by atoms with Gasteiger partial charge in [0.2, 0.25) is 10.0 Å². The van der Waals surface area contributed by atoms with E-state index in [2.05, 4.69) is 21.2 Å². The van der Waals surface area contributed by atoms with Crippen LogP contribution in [0.3, 0.4) is 0 Å². The van der Waals surface area contributed by atoms with Gasteiger partial charge < -0.3 is 5.32 Å². The van der Waals surface area contributed by atoms with E-state index < -0.39 is 15.9 Å². The van der Waals surface area contributed by atoms with E-state index in [-0.39, 0.29) is 15.5 Å². The Morgan fingerprint density at radius 2 is 1.80 bits per heavy atom. The summed E-state index contributed by atoms with van der Waals surface area (Å²) in [7, 11) is -3.67. The molecule has 0 aromatic heterocycles. The van der Waals surface area contributed by atoms with Gasteiger partial charge in [-0.2, -0.15) is 4.31 Å². The summed E-state index contributed by atoms with van der Waals surface area (Å²) in [5, 5.41) is 2.91. The summed E-state index contributed by atoms with van der Waals surface area (Å²) < 4.78 is 27.3. The molecule has 134 valence electrons. The lowest BCUT2D eigenvalue weighted by Crippen LogP contribution is -2.30. The van der Waals surface area contributed by atoms with Gasteiger partial charge in [0.15, 0.2) is 0 Å². The van der Waals surface area contributed by atoms with Gasteiger partial charge in [-0.05, 0) is 46.3 Å². The predicted octanol–water partition coefficient (Wildman–Crippen LogP) is 4.39. The average molecular weight is 446 g/mol. The molecule has 0 saturated carbocycles. The van der Waals surface area contributed by atoms with E-state index in [1.54, 1.807) is 32.0 Å². The highest BCUT2D eigenvalue weighted by Gasteiger charge is 2.24. The summed E-state index contributed by atoms with van der Waals surface area (Å²) in [5.74, 6) is -0.478. The van der Waals surface area contributed by atoms with Crippen molar-refractivity contribution in [2.75, 3.05) is 18.4 Å². The Labute approximate surface area is 161 Å². The molecule has 0 bridgehead atoms. The van der Waals surface area contributed by atoms with Crippen molar-refractivity contribution in [3.63, 3.8) is 0 Å². The summed E-state index contributed by atoms with van der Waals surface area (Å²) in [6.45, 7) is 4.22. The first-order valence-electron chi connectivity index (χ1n) is 7.66. The minimum absolute atomic E-state index is 0.0397. The van der Waals surface area contributed by atoms with Crippen LogP contribution in [0.15, 0.2) is 51.8 Å². The van der Waals surface area contributed by atoms with Crippen molar-refractivity contribution in [2.45, 2.75) is 18.7 Å². The van der Waals surface area contributed by atoms with E-state index in [0.717, 1.165) is 0 Å². The minimum Gasteiger partial charge on any atom is -0.321 e. The van der Waals surface area contributed by atoms with Crippen LogP contribution in [-0.2, 0) is 10.0 Å². The lowest BCUT2D eigenvalue weighted by molar-refractivity contribution is 0.102. The first-order valence-corrected chi connectivity index (χ1v) is 10.3. The van der Waals surface area contributed by atoms with Crippen molar-refractivity contribution >= 4 is 49.1 Å². The number of benzene rings is 2. The van der Waals surface area contributed by atoms with E-state index in [4.69, 9.17) is 11.6 Å². The number of hydrogen-bond acceptors (Lipinski definition) is 3. The molecule has 1 N–H and O–H groups in total. The normalized spacial score (nSPS) is 11.6. The van der Waals surface area contributed by atoms with E-state index in [0.29, 0.717) is 23.2 Å². The first kappa shape index (κ1) is 19.9. The van der Waals surface area contributed by atoms with Gasteiger partial charge in [0.1, 0.15) is 0 Å². The van der Waals surface area contributed by atoms with Gasteiger partial charge in [-0.15, -0.1) is 0 Å². The molecule has 0 fully saturated rings. The standard InChI is InChI=1S/C17H18BrClN2O3S/c1-3-21(4-2)25(23,24)12-9-10-15(19)13(11-12)17(22)20-16-8-6-5-7-14(16)18/h5-11H,3-4H2,1-2H3,(H,20,22). The maximum atomic E-state index is 12.6. The van der Waals surface area contributed by atoms with Crippen LogP contribution in [-0.4, -0.2) is 31.7 Å². The molecular formula is C17H18BrClN2O3S. The third-order valence-electron chi connectivity index (χ3n) is 3.65. The number of hydrogen-bond donors (Lipinski definition) is 1. The highest BCUT2D eigenvalue weighted by atomic mass is 79.9. The monoisotopic (exact) mass is 444 g/mol. The summed E-state index contributed by atoms with van der Waals surface area (Å²) in [4.78, 5) is 12.6. The lowest BCUT2D eigenvalue weighted by atomic mass is 10.2. The fraction of sp³-hybridized carbons (Fsp3) is 0.235. The van der Waals surface area contributed by atoms with Crippen LogP contribution >= 0.6 is 27.5 Å². The van der Waals surface area contributed by atoms with Crippen molar-refractivity contribution < 1.29 is 13.2 Å². The molecule has 0 aliphatic carbocycles. The van der Waals surface area contributed by atoms with Gasteiger partial charge in [0.25, 0.3) is 5.91 Å². The van der Waals surface area contributed by atoms with Crippen LogP contribution < -0.4 is 5.32 Å². The Morgan fingerprint density at radius 1 is 1.16 bits per heavy atom. The number of carbonyl (C=O) groups is 1. The number of carbonyl (C=O) groups excluding carboxylic acids is 1. The maximum absolute atomic E-state index is 12.6. The number of halogens is 2. The number of nitrogens with one attached hydrogen (secondary N) is 1. The molecule has 2 rings (SSSR count). The predicted molar refractivity (Wildman–Crippen MR) is 104 cm³/mol. The molecular weight excluding hydrogens is 428 g/mol. The minimum atomic E-state index is -3.67. The van der Waals surface area contributed by atoms with Crippen LogP contribution in [0.4, 0.5) is 5.69 Å². The molecule has 1 amide bonds. The topological polar surface area (TPSA) is 66.5 Å². The van der Waals surface area contributed by atoms with Crippen molar-refractivity contribution in [2.24, 2.45) is 0 Å². The Kier molecular flexibility index (Phi) is 6.62. The Morgan fingerprint density at radius 3 is 2.40 bits per heavy atom. The van der Waals surface area contributed by atoms with Crippen molar-refractivity contribution in [3.8, 4) is 0 Å². The summed E-state index contributed by atoms with van der Waals surface area (Å²) >= 11 is 9.46. The molecule has 0 heterocycles. The smallest absolute Gasteiger partial charge is 0.257 e. The number of amides is 1. The summed E-state index contributed by atoms with van der Waals surface area (Å²) in [5.41, 5.74) is 0.672. The molecule has 0 unspecified atom stereocenters. The van der Waals surface area contributed by atoms with Gasteiger partial charge in [0, 0.05) is 17.6 Å². The molecule has 2 aromatic carbocycles. The van der Waals surface area contributed by atoms with Crippen molar-refractivity contribution in [1.82, 2.24) is 4.31 Å². The quantitative estimate of drug-likeness (QED) is 0.717. The number of anilines is 1. The number of nitrogens with zero attached hydrogens (tertiary/aromatic N) is 1. The van der Waals surface area contributed by atoms with Gasteiger partial charge in [-0.1, -0.05) is 37.6 Å². The van der Waals surface area contributed by atoms with E-state index >= 15 is 0 Å². The fourth-order valence-corrected chi connectivity index (χ4v) is 4.38. The molecule has 0 aliphatic heterocycles. The fourth-order valence-electron chi connectivity index (χ4n) is 2.30. The van der Waals surface area contributed by atoms with Crippen LogP contribution in [0.5, 0.6) is 0 Å². The second-order valence-corrected chi connectivity index (χ2v) is 8.36. The Bertz CT molecular complexity index is 883. The molecule has 0 atom stereocenters. The van der Waals surface area contributed by atoms with E-state index in [1.165, 1.54) is 22.5 Å². The molecule has 2 aromatic rings. The van der Waals surface area contributed by atoms with Crippen LogP contribution in [0, 0.1) is 0 Å². The highest BCUT2D eigenvalue weighted by molar-refractivity contribution is 9.10. The first-order chi connectivity index (χ1) is 11.8. The van der Waals surface area contributed by atoms with Crippen LogP contribution in [0.25, 0.3) is 0 Å². The molecule has 0 radical (unpaired) electrons. The zero-order chi connectivity index (χ0) is 18.6. The third kappa shape index (κ3) is 4.41. The van der Waals surface area contributed by atoms with Crippen molar-refractivity contribution in [3.05, 3.63) is 57.5 Å². The summed E-state index contributed by atoms with van der Waals surface area (Å²) in [6, 6.07) is 11.3. The third-order valence-corrected chi connectivity index (χ3v) is 6.71. The van der Waals surface area contributed by atoms with E-state index in [1.807, 2.05) is 6.07 Å². The lowest BCUT2D eigenvalue weighted by Gasteiger charge is -2.19. The molecule has 0 spiro atoms. The maximum Gasteiger partial charge on any atom is 0.257 e. The Hall–Kier alpha value is -1.41. The van der Waals surface area contributed by atoms with Crippen LogP contribution in [0.2, 0.25) is 5.02 Å².